The number of ether oxygens (including phenoxy) is 1. The molecule has 2 fully saturated rings. The number of piperidine rings is 1. The van der Waals surface area contributed by atoms with Gasteiger partial charge >= 0.3 is 5.97 Å². The summed E-state index contributed by atoms with van der Waals surface area (Å²) in [6, 6.07) is 9.42. The Bertz CT molecular complexity index is 1640. The van der Waals surface area contributed by atoms with Crippen LogP contribution >= 0.6 is 0 Å². The molecular weight excluding hydrogens is 608 g/mol. The number of carbonyl (C=O) groups excluding carboxylic acids is 1. The second-order valence-electron chi connectivity index (χ2n) is 12.3. The molecule has 1 aromatic heterocycles. The van der Waals surface area contributed by atoms with Crippen LogP contribution in [0, 0.1) is 11.6 Å². The summed E-state index contributed by atoms with van der Waals surface area (Å²) in [6.45, 7) is 7.00. The van der Waals surface area contributed by atoms with Crippen LogP contribution in [0.4, 0.5) is 8.78 Å². The molecule has 2 aromatic carbocycles. The van der Waals surface area contributed by atoms with Crippen LogP contribution in [0.3, 0.4) is 0 Å². The van der Waals surface area contributed by atoms with Crippen molar-refractivity contribution in [3.8, 4) is 16.9 Å². The second kappa shape index (κ2) is 15.0. The van der Waals surface area contributed by atoms with E-state index in [-0.39, 0.29) is 24.0 Å². The molecule has 0 atom stereocenters. The lowest BCUT2D eigenvalue weighted by Gasteiger charge is -2.40. The van der Waals surface area contributed by atoms with Crippen LogP contribution in [0.2, 0.25) is 0 Å². The fraction of sp³-hybridized carbons (Fsp3) is 0.444. The first-order valence-corrected chi connectivity index (χ1v) is 16.3. The van der Waals surface area contributed by atoms with Crippen molar-refractivity contribution in [3.63, 3.8) is 0 Å². The van der Waals surface area contributed by atoms with E-state index in [0.29, 0.717) is 66.7 Å². The quantitative estimate of drug-likeness (QED) is 0.245. The van der Waals surface area contributed by atoms with Gasteiger partial charge < -0.3 is 19.8 Å². The summed E-state index contributed by atoms with van der Waals surface area (Å²) in [6.07, 6.45) is 5.70. The van der Waals surface area contributed by atoms with Gasteiger partial charge in [0.2, 0.25) is 0 Å². The number of hydrogen-bond acceptors (Lipinski definition) is 6. The molecule has 6 rings (SSSR count). The molecule has 0 unspecified atom stereocenters. The number of benzene rings is 2. The Labute approximate surface area is 273 Å². The molecule has 9 nitrogen and oxygen atoms in total. The molecule has 0 bridgehead atoms. The Morgan fingerprint density at radius 2 is 1.74 bits per heavy atom. The van der Waals surface area contributed by atoms with Gasteiger partial charge in [0.15, 0.2) is 0 Å². The average Bonchev–Trinajstić information content (AvgIpc) is 3.89. The number of hydrogen-bond donors (Lipinski definition) is 2. The number of carbonyl (C=O) groups is 3. The first-order chi connectivity index (χ1) is 22.7. The van der Waals surface area contributed by atoms with Crippen molar-refractivity contribution in [2.24, 2.45) is 0 Å². The maximum Gasteiger partial charge on any atom is 0.337 e. The van der Waals surface area contributed by atoms with Crippen molar-refractivity contribution in [1.82, 2.24) is 14.8 Å². The number of nitrogens with zero attached hydrogens (tertiary/aromatic N) is 3. The SMILES string of the molecule is CCCc1nc2c(cc1C(=O)O)C(=O)N(C1CCN(Cc3cc(C4CC4)c(-c4ccc(F)cc4F)cc3OCC)CC1)CC2.O=CO. The summed E-state index contributed by atoms with van der Waals surface area (Å²) >= 11 is 0. The molecule has 1 amide bonds. The molecule has 3 aromatic rings. The molecule has 250 valence electrons. The van der Waals surface area contributed by atoms with Crippen molar-refractivity contribution in [2.75, 3.05) is 26.2 Å². The van der Waals surface area contributed by atoms with Crippen LogP contribution in [-0.2, 0) is 24.2 Å². The molecule has 1 saturated carbocycles. The van der Waals surface area contributed by atoms with Gasteiger partial charge in [-0.05, 0) is 86.4 Å². The molecule has 0 radical (unpaired) electrons. The third kappa shape index (κ3) is 7.62. The Morgan fingerprint density at radius 3 is 2.36 bits per heavy atom. The summed E-state index contributed by atoms with van der Waals surface area (Å²) < 4.78 is 34.6. The summed E-state index contributed by atoms with van der Waals surface area (Å²) in [7, 11) is 0. The smallest absolute Gasteiger partial charge is 0.337 e. The number of fused-ring (bicyclic) bond motifs is 1. The number of aromatic nitrogens is 1. The number of amides is 1. The molecule has 1 saturated heterocycles. The standard InChI is InChI=1S/C35H39F2N3O4.CH2O2/c1-3-5-31-29(35(42)43)18-28-32(38-31)12-15-40(34(28)41)24-10-13-39(14-11-24)20-22-16-26(21-6-7-21)27(19-33(22)44-4-2)25-9-8-23(36)17-30(25)37;2-1-3/h8-9,16-19,21,24H,3-7,10-15,20H2,1-2H3,(H,42,43);1H,(H,2,3). The lowest BCUT2D eigenvalue weighted by molar-refractivity contribution is -0.122. The minimum Gasteiger partial charge on any atom is -0.494 e. The van der Waals surface area contributed by atoms with Gasteiger partial charge in [-0.2, -0.15) is 0 Å². The molecular formula is C36H41F2N3O6. The van der Waals surface area contributed by atoms with E-state index >= 15 is 0 Å². The average molecular weight is 650 g/mol. The van der Waals surface area contributed by atoms with Crippen molar-refractivity contribution >= 4 is 18.3 Å². The normalized spacial score (nSPS) is 16.7. The van der Waals surface area contributed by atoms with Gasteiger partial charge in [-0.1, -0.05) is 13.3 Å². The summed E-state index contributed by atoms with van der Waals surface area (Å²) in [4.78, 5) is 42.7. The van der Waals surface area contributed by atoms with Gasteiger partial charge in [0.1, 0.15) is 17.4 Å². The molecule has 47 heavy (non-hydrogen) atoms. The van der Waals surface area contributed by atoms with Crippen LogP contribution in [-0.4, -0.2) is 75.6 Å². The van der Waals surface area contributed by atoms with Crippen molar-refractivity contribution in [3.05, 3.63) is 81.7 Å². The number of carboxylic acids is 1. The van der Waals surface area contributed by atoms with Gasteiger partial charge in [0, 0.05) is 55.8 Å². The molecule has 0 spiro atoms. The Kier molecular flexibility index (Phi) is 10.9. The van der Waals surface area contributed by atoms with E-state index in [2.05, 4.69) is 16.0 Å². The monoisotopic (exact) mass is 649 g/mol. The number of aromatic carboxylic acids is 1. The zero-order chi connectivity index (χ0) is 33.7. The Hall–Kier alpha value is -4.38. The minimum absolute atomic E-state index is 0.0766. The number of pyridine rings is 1. The zero-order valence-corrected chi connectivity index (χ0v) is 26.8. The van der Waals surface area contributed by atoms with Crippen LogP contribution in [0.15, 0.2) is 36.4 Å². The predicted octanol–water partition coefficient (Wildman–Crippen LogP) is 6.32. The van der Waals surface area contributed by atoms with Gasteiger partial charge in [0.25, 0.3) is 12.4 Å². The number of rotatable bonds is 10. The van der Waals surface area contributed by atoms with E-state index in [9.17, 15) is 23.5 Å². The summed E-state index contributed by atoms with van der Waals surface area (Å²) in [5.41, 5.74) is 5.09. The molecule has 2 aliphatic heterocycles. The van der Waals surface area contributed by atoms with E-state index in [0.717, 1.165) is 68.0 Å². The zero-order valence-electron chi connectivity index (χ0n) is 26.8. The first-order valence-electron chi connectivity index (χ1n) is 16.3. The van der Waals surface area contributed by atoms with Crippen LogP contribution < -0.4 is 4.74 Å². The molecule has 3 aliphatic rings. The predicted molar refractivity (Wildman–Crippen MR) is 172 cm³/mol. The van der Waals surface area contributed by atoms with E-state index in [1.54, 1.807) is 0 Å². The highest BCUT2D eigenvalue weighted by Gasteiger charge is 2.35. The van der Waals surface area contributed by atoms with E-state index in [4.69, 9.17) is 14.6 Å². The Balaban J connectivity index is 0.00000139. The highest BCUT2D eigenvalue weighted by Crippen LogP contribution is 2.47. The maximum atomic E-state index is 14.8. The highest BCUT2D eigenvalue weighted by molar-refractivity contribution is 5.99. The highest BCUT2D eigenvalue weighted by atomic mass is 19.1. The summed E-state index contributed by atoms with van der Waals surface area (Å²) in [5.74, 6) is -1.27. The fourth-order valence-corrected chi connectivity index (χ4v) is 6.77. The van der Waals surface area contributed by atoms with Crippen LogP contribution in [0.5, 0.6) is 5.75 Å². The third-order valence-electron chi connectivity index (χ3n) is 9.14. The van der Waals surface area contributed by atoms with Crippen molar-refractivity contribution in [1.29, 1.82) is 0 Å². The topological polar surface area (TPSA) is 120 Å². The second-order valence-corrected chi connectivity index (χ2v) is 12.3. The van der Waals surface area contributed by atoms with Gasteiger partial charge in [-0.15, -0.1) is 0 Å². The number of carboxylic acid groups (broad SMARTS) is 2. The maximum absolute atomic E-state index is 14.8. The van der Waals surface area contributed by atoms with Gasteiger partial charge in [-0.25, -0.2) is 13.6 Å². The first kappa shape index (κ1) is 34.0. The Morgan fingerprint density at radius 1 is 1.02 bits per heavy atom. The van der Waals surface area contributed by atoms with Crippen molar-refractivity contribution in [2.45, 2.75) is 77.3 Å². The molecule has 1 aliphatic carbocycles. The lowest BCUT2D eigenvalue weighted by atomic mass is 9.92. The molecule has 3 heterocycles. The van der Waals surface area contributed by atoms with Gasteiger partial charge in [0.05, 0.1) is 29.1 Å². The molecule has 2 N–H and O–H groups in total. The number of aryl methyl sites for hydroxylation is 1. The van der Waals surface area contributed by atoms with Gasteiger partial charge in [-0.3, -0.25) is 19.5 Å². The molecule has 11 heteroatoms. The van der Waals surface area contributed by atoms with Crippen molar-refractivity contribution < 1.29 is 38.1 Å². The lowest BCUT2D eigenvalue weighted by Crippen LogP contribution is -2.50. The third-order valence-corrected chi connectivity index (χ3v) is 9.14. The summed E-state index contributed by atoms with van der Waals surface area (Å²) in [5, 5.41) is 16.6. The van der Waals surface area contributed by atoms with Crippen LogP contribution in [0.25, 0.3) is 11.1 Å². The van der Waals surface area contributed by atoms with E-state index < -0.39 is 17.6 Å². The van der Waals surface area contributed by atoms with E-state index in [1.165, 1.54) is 18.2 Å². The minimum atomic E-state index is -1.05. The number of likely N-dealkylation sites (tertiary alicyclic amines) is 1. The van der Waals surface area contributed by atoms with Crippen LogP contribution in [0.1, 0.15) is 95.1 Å². The fourth-order valence-electron chi connectivity index (χ4n) is 6.77. The van der Waals surface area contributed by atoms with E-state index in [1.807, 2.05) is 24.8 Å². The number of halogens is 2. The largest absolute Gasteiger partial charge is 0.494 e.